The van der Waals surface area contributed by atoms with E-state index in [1.165, 1.54) is 0 Å². The highest BCUT2D eigenvalue weighted by Gasteiger charge is 2.84. The third kappa shape index (κ3) is 3.73. The van der Waals surface area contributed by atoms with Crippen molar-refractivity contribution in [2.45, 2.75) is 107 Å². The summed E-state index contributed by atoms with van der Waals surface area (Å²) in [6.07, 6.45) is 4.01. The second-order valence-corrected chi connectivity index (χ2v) is 12.5. The topological polar surface area (TPSA) is 43.4 Å². The molecule has 0 aromatic carbocycles. The van der Waals surface area contributed by atoms with Crippen LogP contribution in [0.3, 0.4) is 0 Å². The van der Waals surface area contributed by atoms with Gasteiger partial charge >= 0.3 is 27.5 Å². The van der Waals surface area contributed by atoms with Gasteiger partial charge < -0.3 is 0 Å². The molecular weight excluding hydrogens is 477 g/mol. The van der Waals surface area contributed by atoms with Gasteiger partial charge in [-0.25, -0.2) is 4.18 Å². The molecule has 0 atom stereocenters. The summed E-state index contributed by atoms with van der Waals surface area (Å²) in [5.74, 6) is -8.74. The predicted octanol–water partition coefficient (Wildman–Crippen LogP) is 7.07. The van der Waals surface area contributed by atoms with Gasteiger partial charge in [0.15, 0.2) is 5.60 Å². The third-order valence-corrected chi connectivity index (χ3v) is 10.5. The molecular formula is C22H31F7O3S. The van der Waals surface area contributed by atoms with E-state index in [2.05, 4.69) is 11.1 Å². The summed E-state index contributed by atoms with van der Waals surface area (Å²) in [5.41, 5.74) is -11.4. The minimum absolute atomic E-state index is 0.386. The van der Waals surface area contributed by atoms with Gasteiger partial charge in [0.25, 0.3) is 0 Å². The lowest BCUT2D eigenvalue weighted by Gasteiger charge is -2.63. The second-order valence-electron chi connectivity index (χ2n) is 10.9. The molecule has 3 nitrogen and oxygen atoms in total. The van der Waals surface area contributed by atoms with Crippen molar-refractivity contribution >= 4 is 10.1 Å². The smallest absolute Gasteiger partial charge is 0.250 e. The highest BCUT2D eigenvalue weighted by Crippen LogP contribution is 2.72. The largest absolute Gasteiger partial charge is 0.523 e. The molecule has 0 N–H and O–H groups in total. The third-order valence-electron chi connectivity index (χ3n) is 9.37. The fourth-order valence-electron chi connectivity index (χ4n) is 7.28. The van der Waals surface area contributed by atoms with Crippen LogP contribution in [0, 0.1) is 29.1 Å². The highest BCUT2D eigenvalue weighted by molar-refractivity contribution is 7.87. The monoisotopic (exact) mass is 508 g/mol. The first-order valence-electron chi connectivity index (χ1n) is 11.9. The van der Waals surface area contributed by atoms with Crippen LogP contribution in [0.5, 0.6) is 0 Å². The summed E-state index contributed by atoms with van der Waals surface area (Å²) >= 11 is 0. The lowest BCUT2D eigenvalue weighted by molar-refractivity contribution is -0.387. The van der Waals surface area contributed by atoms with Crippen molar-refractivity contribution < 1.29 is 43.3 Å². The number of hydrogen-bond donors (Lipinski definition) is 0. The van der Waals surface area contributed by atoms with Crippen molar-refractivity contribution in [3.63, 3.8) is 0 Å². The Morgan fingerprint density at radius 1 is 0.727 bits per heavy atom. The first-order valence-corrected chi connectivity index (χ1v) is 13.3. The molecule has 0 amide bonds. The molecule has 5 rings (SSSR count). The van der Waals surface area contributed by atoms with E-state index < -0.39 is 70.1 Å². The maximum Gasteiger partial charge on any atom is 0.523 e. The fourth-order valence-corrected chi connectivity index (χ4v) is 8.07. The van der Waals surface area contributed by atoms with Crippen LogP contribution in [0.25, 0.3) is 0 Å². The maximum absolute atomic E-state index is 15.4. The van der Waals surface area contributed by atoms with Gasteiger partial charge in [-0.2, -0.15) is 39.2 Å². The lowest BCUT2D eigenvalue weighted by atomic mass is 9.48. The zero-order chi connectivity index (χ0) is 24.5. The van der Waals surface area contributed by atoms with Gasteiger partial charge in [0.05, 0.1) is 0 Å². The summed E-state index contributed by atoms with van der Waals surface area (Å²) < 4.78 is 126. The van der Waals surface area contributed by atoms with E-state index in [-0.39, 0.29) is 0 Å². The summed E-state index contributed by atoms with van der Waals surface area (Å²) in [6, 6.07) is 0. The van der Waals surface area contributed by atoms with E-state index >= 15 is 17.6 Å². The van der Waals surface area contributed by atoms with E-state index in [0.29, 0.717) is 43.4 Å². The van der Waals surface area contributed by atoms with Crippen LogP contribution in [0.15, 0.2) is 0 Å². The molecule has 192 valence electrons. The predicted molar refractivity (Wildman–Crippen MR) is 106 cm³/mol. The molecule has 0 saturated heterocycles. The Morgan fingerprint density at radius 2 is 1.18 bits per heavy atom. The van der Waals surface area contributed by atoms with Crippen LogP contribution in [-0.2, 0) is 14.3 Å². The Bertz CT molecular complexity index is 831. The molecule has 0 aliphatic heterocycles. The molecule has 33 heavy (non-hydrogen) atoms. The fraction of sp³-hybridized carbons (Fsp3) is 1.00. The van der Waals surface area contributed by atoms with Gasteiger partial charge in [0.1, 0.15) is 0 Å². The molecule has 0 aromatic rings. The van der Waals surface area contributed by atoms with Gasteiger partial charge in [-0.05, 0) is 87.9 Å². The van der Waals surface area contributed by atoms with Crippen molar-refractivity contribution in [1.82, 2.24) is 0 Å². The van der Waals surface area contributed by atoms with E-state index in [1.54, 1.807) is 0 Å². The Labute approximate surface area is 189 Å². The molecule has 0 radical (unpaired) electrons. The average molecular weight is 509 g/mol. The minimum Gasteiger partial charge on any atom is -0.250 e. The van der Waals surface area contributed by atoms with Crippen molar-refractivity contribution in [3.8, 4) is 0 Å². The SMILES string of the molecule is CC1CCC(C2CCC(C34CCC(OS(=O)(=O)C(F)(F)F)(CC3)C(F)(F)C4(F)F)CC2)CC1. The number of fused-ring (bicyclic) bond motifs is 3. The molecule has 2 bridgehead atoms. The Balaban J connectivity index is 1.52. The number of alkyl halides is 7. The maximum atomic E-state index is 15.4. The number of halogens is 7. The quantitative estimate of drug-likeness (QED) is 0.232. The van der Waals surface area contributed by atoms with Gasteiger partial charge in [0.2, 0.25) is 0 Å². The van der Waals surface area contributed by atoms with E-state index in [0.717, 1.165) is 25.7 Å². The summed E-state index contributed by atoms with van der Waals surface area (Å²) in [6.45, 7) is 2.21. The van der Waals surface area contributed by atoms with Crippen LogP contribution < -0.4 is 0 Å². The first kappa shape index (κ1) is 25.5. The molecule has 11 heteroatoms. The minimum atomic E-state index is -6.45. The molecule has 0 heterocycles. The van der Waals surface area contributed by atoms with Crippen molar-refractivity contribution in [2.24, 2.45) is 29.1 Å². The van der Waals surface area contributed by atoms with Gasteiger partial charge in [-0.3, -0.25) is 0 Å². The molecule has 0 spiro atoms. The van der Waals surface area contributed by atoms with Crippen molar-refractivity contribution in [3.05, 3.63) is 0 Å². The lowest BCUT2D eigenvalue weighted by Crippen LogP contribution is -2.75. The zero-order valence-electron chi connectivity index (χ0n) is 18.6. The summed E-state index contributed by atoms with van der Waals surface area (Å²) in [4.78, 5) is 0. The van der Waals surface area contributed by atoms with Crippen LogP contribution in [0.2, 0.25) is 0 Å². The number of rotatable bonds is 4. The van der Waals surface area contributed by atoms with Gasteiger partial charge in [-0.1, -0.05) is 19.8 Å². The molecule has 0 aromatic heterocycles. The summed E-state index contributed by atoms with van der Waals surface area (Å²) in [5, 5.41) is 0. The Hall–Kier alpha value is -0.580. The van der Waals surface area contributed by atoms with Crippen LogP contribution in [0.1, 0.15) is 84.0 Å². The molecule has 5 fully saturated rings. The van der Waals surface area contributed by atoms with Crippen LogP contribution in [-0.4, -0.2) is 31.4 Å². The van der Waals surface area contributed by atoms with Crippen LogP contribution >= 0.6 is 0 Å². The van der Waals surface area contributed by atoms with Crippen molar-refractivity contribution in [2.75, 3.05) is 0 Å². The first-order chi connectivity index (χ1) is 15.1. The zero-order valence-corrected chi connectivity index (χ0v) is 19.4. The van der Waals surface area contributed by atoms with Crippen LogP contribution in [0.4, 0.5) is 30.7 Å². The second kappa shape index (κ2) is 7.96. The Morgan fingerprint density at radius 3 is 1.64 bits per heavy atom. The average Bonchev–Trinajstić information content (AvgIpc) is 2.73. The standard InChI is InChI=1S/C22H31F7O3S/c1-14-2-4-15(5-3-14)16-6-8-17(9-7-16)18-10-12-19(13-11-18,21(25,26)20(18,23)24)32-33(30,31)22(27,28)29/h14-17H,2-13H2,1H3. The summed E-state index contributed by atoms with van der Waals surface area (Å²) in [7, 11) is -6.45. The number of hydrogen-bond acceptors (Lipinski definition) is 3. The molecule has 5 saturated carbocycles. The highest BCUT2D eigenvalue weighted by atomic mass is 32.2. The van der Waals surface area contributed by atoms with Gasteiger partial charge in [-0.15, -0.1) is 0 Å². The van der Waals surface area contributed by atoms with E-state index in [1.807, 2.05) is 0 Å². The Kier molecular flexibility index (Phi) is 6.16. The van der Waals surface area contributed by atoms with Crippen molar-refractivity contribution in [1.29, 1.82) is 0 Å². The normalized spacial score (nSPS) is 43.4. The molecule has 0 unspecified atom stereocenters. The van der Waals surface area contributed by atoms with E-state index in [4.69, 9.17) is 0 Å². The van der Waals surface area contributed by atoms with Gasteiger partial charge in [0, 0.05) is 5.41 Å². The van der Waals surface area contributed by atoms with E-state index in [9.17, 15) is 21.6 Å². The molecule has 5 aliphatic rings. The molecule has 5 aliphatic carbocycles.